The standard InChI is InChI=1S/C23H17F2N3O/c1-15-9-10-26-22(11-15)28-19-4-2-3-17(12-19)21-14-27-23(29-21)8-6-16-5-7-18(24)13-20(16)25/h2-14H,1H3,(H,26,28). The van der Waals surface area contributed by atoms with E-state index >= 15 is 0 Å². The van der Waals surface area contributed by atoms with Gasteiger partial charge in [0.2, 0.25) is 5.89 Å². The zero-order chi connectivity index (χ0) is 20.2. The highest BCUT2D eigenvalue weighted by atomic mass is 19.1. The second-order valence-electron chi connectivity index (χ2n) is 6.49. The van der Waals surface area contributed by atoms with Gasteiger partial charge in [0, 0.05) is 35.2 Å². The molecule has 2 aromatic carbocycles. The molecule has 6 heteroatoms. The highest BCUT2D eigenvalue weighted by Gasteiger charge is 2.07. The third-order valence-corrected chi connectivity index (χ3v) is 4.23. The number of nitrogens with zero attached hydrogens (tertiary/aromatic N) is 2. The van der Waals surface area contributed by atoms with Gasteiger partial charge in [-0.25, -0.2) is 18.7 Å². The lowest BCUT2D eigenvalue weighted by atomic mass is 10.1. The number of anilines is 2. The monoisotopic (exact) mass is 389 g/mol. The molecule has 2 heterocycles. The molecule has 0 aliphatic rings. The van der Waals surface area contributed by atoms with Crippen molar-refractivity contribution in [1.29, 1.82) is 0 Å². The van der Waals surface area contributed by atoms with Crippen molar-refractivity contribution in [2.45, 2.75) is 6.92 Å². The molecule has 4 aromatic rings. The van der Waals surface area contributed by atoms with Gasteiger partial charge >= 0.3 is 0 Å². The van der Waals surface area contributed by atoms with E-state index < -0.39 is 11.6 Å². The highest BCUT2D eigenvalue weighted by molar-refractivity contribution is 5.69. The molecule has 0 spiro atoms. The second kappa shape index (κ2) is 8.06. The maximum atomic E-state index is 13.7. The Balaban J connectivity index is 1.52. The predicted octanol–water partition coefficient (Wildman–Crippen LogP) is 6.24. The summed E-state index contributed by atoms with van der Waals surface area (Å²) in [7, 11) is 0. The first-order chi connectivity index (χ1) is 14.1. The van der Waals surface area contributed by atoms with Crippen molar-refractivity contribution in [3.63, 3.8) is 0 Å². The van der Waals surface area contributed by atoms with E-state index in [2.05, 4.69) is 15.3 Å². The number of hydrogen-bond donors (Lipinski definition) is 1. The highest BCUT2D eigenvalue weighted by Crippen LogP contribution is 2.26. The number of oxazole rings is 1. The summed E-state index contributed by atoms with van der Waals surface area (Å²) < 4.78 is 32.4. The Morgan fingerprint density at radius 2 is 1.86 bits per heavy atom. The third-order valence-electron chi connectivity index (χ3n) is 4.23. The van der Waals surface area contributed by atoms with Crippen LogP contribution >= 0.6 is 0 Å². The van der Waals surface area contributed by atoms with Crippen LogP contribution < -0.4 is 5.32 Å². The molecular weight excluding hydrogens is 372 g/mol. The van der Waals surface area contributed by atoms with E-state index in [1.165, 1.54) is 18.2 Å². The van der Waals surface area contributed by atoms with E-state index in [-0.39, 0.29) is 5.56 Å². The molecule has 0 atom stereocenters. The van der Waals surface area contributed by atoms with Gasteiger partial charge in [-0.15, -0.1) is 0 Å². The molecule has 0 fully saturated rings. The van der Waals surface area contributed by atoms with E-state index in [4.69, 9.17) is 4.42 Å². The molecule has 0 radical (unpaired) electrons. The fourth-order valence-corrected chi connectivity index (χ4v) is 2.80. The first-order valence-electron chi connectivity index (χ1n) is 8.96. The van der Waals surface area contributed by atoms with Crippen molar-refractivity contribution in [3.8, 4) is 11.3 Å². The largest absolute Gasteiger partial charge is 0.437 e. The van der Waals surface area contributed by atoms with Crippen LogP contribution in [0.3, 0.4) is 0 Å². The summed E-state index contributed by atoms with van der Waals surface area (Å²) in [4.78, 5) is 8.49. The minimum absolute atomic E-state index is 0.253. The SMILES string of the molecule is Cc1ccnc(Nc2cccc(-c3cnc(C=Cc4ccc(F)cc4F)o3)c2)c1. The molecule has 0 bridgehead atoms. The number of aryl methyl sites for hydroxylation is 1. The minimum atomic E-state index is -0.642. The summed E-state index contributed by atoms with van der Waals surface area (Å²) in [5.74, 6) is 0.390. The Bertz CT molecular complexity index is 1180. The van der Waals surface area contributed by atoms with Crippen LogP contribution in [0, 0.1) is 18.6 Å². The van der Waals surface area contributed by atoms with Gasteiger partial charge in [-0.1, -0.05) is 12.1 Å². The van der Waals surface area contributed by atoms with Crippen molar-refractivity contribution in [3.05, 3.63) is 95.6 Å². The first-order valence-corrected chi connectivity index (χ1v) is 8.96. The number of halogens is 2. The van der Waals surface area contributed by atoms with Crippen molar-refractivity contribution in [2.75, 3.05) is 5.32 Å². The van der Waals surface area contributed by atoms with Gasteiger partial charge in [-0.05, 0) is 55.0 Å². The summed E-state index contributed by atoms with van der Waals surface area (Å²) in [5, 5.41) is 3.26. The van der Waals surface area contributed by atoms with Crippen molar-refractivity contribution >= 4 is 23.7 Å². The number of rotatable bonds is 5. The Morgan fingerprint density at radius 1 is 0.966 bits per heavy atom. The molecule has 1 N–H and O–H groups in total. The average molecular weight is 389 g/mol. The van der Waals surface area contributed by atoms with Gasteiger partial charge in [0.05, 0.1) is 6.20 Å². The maximum absolute atomic E-state index is 13.7. The maximum Gasteiger partial charge on any atom is 0.219 e. The van der Waals surface area contributed by atoms with Crippen LogP contribution in [-0.2, 0) is 0 Å². The lowest BCUT2D eigenvalue weighted by molar-refractivity contribution is 0.560. The molecule has 0 aliphatic heterocycles. The van der Waals surface area contributed by atoms with E-state index in [0.29, 0.717) is 11.7 Å². The Morgan fingerprint density at radius 3 is 2.69 bits per heavy atom. The number of benzene rings is 2. The fraction of sp³-hybridized carbons (Fsp3) is 0.0435. The second-order valence-corrected chi connectivity index (χ2v) is 6.49. The topological polar surface area (TPSA) is 51.0 Å². The van der Waals surface area contributed by atoms with Gasteiger partial charge in [0.15, 0.2) is 5.76 Å². The molecule has 0 unspecified atom stereocenters. The van der Waals surface area contributed by atoms with Gasteiger partial charge in [0.1, 0.15) is 17.5 Å². The molecule has 2 aromatic heterocycles. The van der Waals surface area contributed by atoms with Gasteiger partial charge in [-0.3, -0.25) is 0 Å². The number of pyridine rings is 1. The van der Waals surface area contributed by atoms with Crippen molar-refractivity contribution < 1.29 is 13.2 Å². The Labute approximate surface area is 166 Å². The summed E-state index contributed by atoms with van der Waals surface area (Å²) >= 11 is 0. The number of nitrogens with one attached hydrogen (secondary N) is 1. The average Bonchev–Trinajstić information content (AvgIpc) is 3.17. The summed E-state index contributed by atoms with van der Waals surface area (Å²) in [6, 6.07) is 15.0. The molecule has 29 heavy (non-hydrogen) atoms. The van der Waals surface area contributed by atoms with Gasteiger partial charge in [0.25, 0.3) is 0 Å². The molecule has 144 valence electrons. The smallest absolute Gasteiger partial charge is 0.219 e. The zero-order valence-electron chi connectivity index (χ0n) is 15.6. The molecule has 4 nitrogen and oxygen atoms in total. The van der Waals surface area contributed by atoms with Crippen LogP contribution in [0.5, 0.6) is 0 Å². The summed E-state index contributed by atoms with van der Waals surface area (Å²) in [5.41, 5.74) is 3.07. The van der Waals surface area contributed by atoms with Crippen LogP contribution in [0.25, 0.3) is 23.5 Å². The molecule has 0 amide bonds. The number of aromatic nitrogens is 2. The Hall–Kier alpha value is -3.80. The molecular formula is C23H17F2N3O. The van der Waals surface area contributed by atoms with Gasteiger partial charge < -0.3 is 9.73 Å². The molecule has 4 rings (SSSR count). The van der Waals surface area contributed by atoms with E-state index in [1.807, 2.05) is 43.3 Å². The van der Waals surface area contributed by atoms with Crippen molar-refractivity contribution in [2.24, 2.45) is 0 Å². The van der Waals surface area contributed by atoms with Crippen LogP contribution in [0.1, 0.15) is 17.0 Å². The molecule has 0 saturated heterocycles. The van der Waals surface area contributed by atoms with E-state index in [1.54, 1.807) is 18.5 Å². The normalized spacial score (nSPS) is 11.1. The van der Waals surface area contributed by atoms with Crippen LogP contribution in [0.4, 0.5) is 20.3 Å². The molecule has 0 saturated carbocycles. The summed E-state index contributed by atoms with van der Waals surface area (Å²) in [6.45, 7) is 2.00. The van der Waals surface area contributed by atoms with Crippen molar-refractivity contribution in [1.82, 2.24) is 9.97 Å². The minimum Gasteiger partial charge on any atom is -0.437 e. The lowest BCUT2D eigenvalue weighted by Crippen LogP contribution is -1.93. The lowest BCUT2D eigenvalue weighted by Gasteiger charge is -2.07. The van der Waals surface area contributed by atoms with Crippen LogP contribution in [-0.4, -0.2) is 9.97 Å². The van der Waals surface area contributed by atoms with Gasteiger partial charge in [-0.2, -0.15) is 0 Å². The van der Waals surface area contributed by atoms with E-state index in [9.17, 15) is 8.78 Å². The zero-order valence-corrected chi connectivity index (χ0v) is 15.6. The fourth-order valence-electron chi connectivity index (χ4n) is 2.80. The van der Waals surface area contributed by atoms with Crippen LogP contribution in [0.15, 0.2) is 71.4 Å². The third kappa shape index (κ3) is 4.55. The molecule has 0 aliphatic carbocycles. The number of hydrogen-bond acceptors (Lipinski definition) is 4. The van der Waals surface area contributed by atoms with E-state index in [0.717, 1.165) is 28.7 Å². The quantitative estimate of drug-likeness (QED) is 0.439. The predicted molar refractivity (Wildman–Crippen MR) is 109 cm³/mol. The Kier molecular flexibility index (Phi) is 5.16. The first kappa shape index (κ1) is 18.6. The summed E-state index contributed by atoms with van der Waals surface area (Å²) in [6.07, 6.45) is 6.38. The van der Waals surface area contributed by atoms with Crippen LogP contribution in [0.2, 0.25) is 0 Å².